The fourth-order valence-corrected chi connectivity index (χ4v) is 2.48. The number of benzene rings is 1. The number of carbonyl (C=O) groups excluding carboxylic acids is 1. The van der Waals surface area contributed by atoms with Crippen molar-refractivity contribution in [1.82, 2.24) is 4.72 Å². The minimum Gasteiger partial charge on any atom is -0.481 e. The summed E-state index contributed by atoms with van der Waals surface area (Å²) in [5.74, 6) is -0.163. The van der Waals surface area contributed by atoms with Crippen molar-refractivity contribution in [1.29, 1.82) is 0 Å². The molecule has 0 aliphatic rings. The van der Waals surface area contributed by atoms with Crippen molar-refractivity contribution < 1.29 is 22.7 Å². The van der Waals surface area contributed by atoms with Gasteiger partial charge < -0.3 is 9.47 Å². The van der Waals surface area contributed by atoms with E-state index in [4.69, 9.17) is 4.74 Å². The topological polar surface area (TPSA) is 81.7 Å². The molecule has 0 fully saturated rings. The van der Waals surface area contributed by atoms with Gasteiger partial charge in [0.15, 0.2) is 6.61 Å². The average Bonchev–Trinajstić information content (AvgIpc) is 2.36. The molecule has 0 amide bonds. The smallest absolute Gasteiger partial charge is 0.343 e. The number of esters is 1. The summed E-state index contributed by atoms with van der Waals surface area (Å²) in [6, 6.07) is 4.22. The molecular formula is C10H12BrNO5S. The van der Waals surface area contributed by atoms with Crippen molar-refractivity contribution in [3.05, 3.63) is 22.7 Å². The van der Waals surface area contributed by atoms with Crippen LogP contribution in [-0.2, 0) is 19.6 Å². The maximum atomic E-state index is 11.5. The predicted octanol–water partition coefficient (Wildman–Crippen LogP) is 0.909. The molecule has 0 aromatic heterocycles. The number of sulfonamides is 1. The molecule has 0 unspecified atom stereocenters. The van der Waals surface area contributed by atoms with Crippen molar-refractivity contribution in [2.75, 3.05) is 20.8 Å². The van der Waals surface area contributed by atoms with Gasteiger partial charge in [0.2, 0.25) is 10.0 Å². The van der Waals surface area contributed by atoms with Crippen LogP contribution < -0.4 is 9.46 Å². The van der Waals surface area contributed by atoms with E-state index >= 15 is 0 Å². The summed E-state index contributed by atoms with van der Waals surface area (Å²) in [7, 11) is -0.923. The van der Waals surface area contributed by atoms with E-state index in [9.17, 15) is 13.2 Å². The van der Waals surface area contributed by atoms with Crippen LogP contribution in [0.15, 0.2) is 27.6 Å². The number of hydrogen-bond acceptors (Lipinski definition) is 5. The van der Waals surface area contributed by atoms with Crippen molar-refractivity contribution in [2.45, 2.75) is 4.90 Å². The normalized spacial score (nSPS) is 11.1. The van der Waals surface area contributed by atoms with Crippen LogP contribution in [0.1, 0.15) is 0 Å². The highest BCUT2D eigenvalue weighted by atomic mass is 79.9. The lowest BCUT2D eigenvalue weighted by atomic mass is 10.3. The van der Waals surface area contributed by atoms with Crippen LogP contribution in [0.2, 0.25) is 0 Å². The van der Waals surface area contributed by atoms with Gasteiger partial charge in [0, 0.05) is 0 Å². The molecule has 0 bridgehead atoms. The van der Waals surface area contributed by atoms with E-state index in [2.05, 4.69) is 25.4 Å². The summed E-state index contributed by atoms with van der Waals surface area (Å²) >= 11 is 3.17. The predicted molar refractivity (Wildman–Crippen MR) is 67.9 cm³/mol. The molecule has 0 radical (unpaired) electrons. The molecule has 6 nitrogen and oxygen atoms in total. The third-order valence-electron chi connectivity index (χ3n) is 2.06. The number of halogens is 1. The van der Waals surface area contributed by atoms with Gasteiger partial charge in [-0.3, -0.25) is 0 Å². The first-order valence-corrected chi connectivity index (χ1v) is 7.11. The largest absolute Gasteiger partial charge is 0.481 e. The molecule has 1 aromatic carbocycles. The van der Waals surface area contributed by atoms with Gasteiger partial charge in [-0.1, -0.05) is 0 Å². The maximum absolute atomic E-state index is 11.5. The molecule has 0 atom stereocenters. The first-order valence-electron chi connectivity index (χ1n) is 4.83. The van der Waals surface area contributed by atoms with Crippen LogP contribution in [0.4, 0.5) is 0 Å². The fraction of sp³-hybridized carbons (Fsp3) is 0.300. The van der Waals surface area contributed by atoms with E-state index < -0.39 is 16.0 Å². The minimum absolute atomic E-state index is 0.0993. The molecular weight excluding hydrogens is 326 g/mol. The molecule has 0 heterocycles. The number of rotatable bonds is 5. The average molecular weight is 338 g/mol. The zero-order valence-electron chi connectivity index (χ0n) is 9.77. The lowest BCUT2D eigenvalue weighted by Crippen LogP contribution is -2.18. The molecule has 1 aromatic rings. The number of nitrogens with one attached hydrogen (secondary N) is 1. The van der Waals surface area contributed by atoms with Crippen LogP contribution in [0.3, 0.4) is 0 Å². The molecule has 8 heteroatoms. The highest BCUT2D eigenvalue weighted by Gasteiger charge is 2.14. The summed E-state index contributed by atoms with van der Waals surface area (Å²) < 4.78 is 35.3. The number of carbonyl (C=O) groups is 1. The van der Waals surface area contributed by atoms with E-state index in [0.717, 1.165) is 0 Å². The van der Waals surface area contributed by atoms with Gasteiger partial charge in [-0.25, -0.2) is 17.9 Å². The Morgan fingerprint density at radius 2 is 2.11 bits per heavy atom. The second-order valence-corrected chi connectivity index (χ2v) is 5.91. The Hall–Kier alpha value is -1.12. The van der Waals surface area contributed by atoms with Crippen molar-refractivity contribution in [3.8, 4) is 5.75 Å². The van der Waals surface area contributed by atoms with E-state index in [-0.39, 0.29) is 11.5 Å². The molecule has 1 N–H and O–H groups in total. The van der Waals surface area contributed by atoms with E-state index in [1.165, 1.54) is 32.4 Å². The van der Waals surface area contributed by atoms with E-state index in [0.29, 0.717) is 10.2 Å². The number of methoxy groups -OCH3 is 1. The van der Waals surface area contributed by atoms with Gasteiger partial charge in [-0.05, 0) is 41.2 Å². The minimum atomic E-state index is -3.50. The molecule has 0 saturated heterocycles. The summed E-state index contributed by atoms with van der Waals surface area (Å²) in [5, 5.41) is 0. The standard InChI is InChI=1S/C10H12BrNO5S/c1-12-18(14,15)7-3-4-9(8(11)5-7)17-6-10(13)16-2/h3-5,12H,6H2,1-2H3. The van der Waals surface area contributed by atoms with E-state index in [1.54, 1.807) is 0 Å². The van der Waals surface area contributed by atoms with Crippen molar-refractivity contribution in [2.24, 2.45) is 0 Å². The zero-order valence-corrected chi connectivity index (χ0v) is 12.2. The van der Waals surface area contributed by atoms with Gasteiger partial charge in [0.25, 0.3) is 0 Å². The fourth-order valence-electron chi connectivity index (χ4n) is 1.08. The molecule has 0 aliphatic heterocycles. The van der Waals surface area contributed by atoms with Crippen LogP contribution in [0.5, 0.6) is 5.75 Å². The molecule has 0 spiro atoms. The summed E-state index contributed by atoms with van der Waals surface area (Å²) in [5.41, 5.74) is 0. The lowest BCUT2D eigenvalue weighted by Gasteiger charge is -2.08. The second-order valence-electron chi connectivity index (χ2n) is 3.16. The molecule has 1 rings (SSSR count). The Kier molecular flexibility index (Phi) is 5.12. The second kappa shape index (κ2) is 6.17. The maximum Gasteiger partial charge on any atom is 0.343 e. The van der Waals surface area contributed by atoms with Crippen molar-refractivity contribution in [3.63, 3.8) is 0 Å². The van der Waals surface area contributed by atoms with Crippen LogP contribution >= 0.6 is 15.9 Å². The van der Waals surface area contributed by atoms with Gasteiger partial charge in [0.05, 0.1) is 16.5 Å². The Morgan fingerprint density at radius 3 is 2.61 bits per heavy atom. The van der Waals surface area contributed by atoms with E-state index in [1.807, 2.05) is 0 Å². The first kappa shape index (κ1) is 14.9. The lowest BCUT2D eigenvalue weighted by molar-refractivity contribution is -0.142. The Bertz CT molecular complexity index is 543. The Labute approximate surface area is 113 Å². The summed E-state index contributed by atoms with van der Waals surface area (Å²) in [4.78, 5) is 11.0. The quantitative estimate of drug-likeness (QED) is 0.807. The van der Waals surface area contributed by atoms with Gasteiger partial charge in [-0.2, -0.15) is 0 Å². The van der Waals surface area contributed by atoms with Gasteiger partial charge in [-0.15, -0.1) is 0 Å². The monoisotopic (exact) mass is 337 g/mol. The molecule has 0 saturated carbocycles. The SMILES string of the molecule is CNS(=O)(=O)c1ccc(OCC(=O)OC)c(Br)c1. The third kappa shape index (κ3) is 3.69. The molecule has 0 aliphatic carbocycles. The van der Waals surface area contributed by atoms with Crippen molar-refractivity contribution >= 4 is 31.9 Å². The Morgan fingerprint density at radius 1 is 1.44 bits per heavy atom. The van der Waals surface area contributed by atoms with Crippen LogP contribution in [0.25, 0.3) is 0 Å². The van der Waals surface area contributed by atoms with Gasteiger partial charge in [0.1, 0.15) is 5.75 Å². The molecule has 100 valence electrons. The summed E-state index contributed by atoms with van der Waals surface area (Å²) in [6.07, 6.45) is 0. The first-order chi connectivity index (χ1) is 8.40. The van der Waals surface area contributed by atoms with Crippen LogP contribution in [-0.4, -0.2) is 35.2 Å². The highest BCUT2D eigenvalue weighted by Crippen LogP contribution is 2.27. The number of hydrogen-bond donors (Lipinski definition) is 1. The van der Waals surface area contributed by atoms with Gasteiger partial charge >= 0.3 is 5.97 Å². The zero-order chi connectivity index (χ0) is 13.8. The number of ether oxygens (including phenoxy) is 2. The summed E-state index contributed by atoms with van der Waals surface area (Å²) in [6.45, 7) is -0.243. The highest BCUT2D eigenvalue weighted by molar-refractivity contribution is 9.10. The Balaban J connectivity index is 2.90. The van der Waals surface area contributed by atoms with Crippen LogP contribution in [0, 0.1) is 0 Å². The molecule has 18 heavy (non-hydrogen) atoms. The third-order valence-corrected chi connectivity index (χ3v) is 4.09.